The van der Waals surface area contributed by atoms with Crippen LogP contribution in [0.15, 0.2) is 9.59 Å². The van der Waals surface area contributed by atoms with Crippen molar-refractivity contribution in [2.45, 2.75) is 12.8 Å². The van der Waals surface area contributed by atoms with E-state index in [1.54, 1.807) is 0 Å². The van der Waals surface area contributed by atoms with Gasteiger partial charge in [-0.3, -0.25) is 14.2 Å². The number of hydrogen-bond donors (Lipinski definition) is 2. The van der Waals surface area contributed by atoms with E-state index >= 15 is 0 Å². The lowest BCUT2D eigenvalue weighted by molar-refractivity contribution is -0.122. The van der Waals surface area contributed by atoms with Crippen molar-refractivity contribution in [3.8, 4) is 0 Å². The van der Waals surface area contributed by atoms with Gasteiger partial charge in [-0.1, -0.05) is 0 Å². The van der Waals surface area contributed by atoms with Crippen LogP contribution in [0.25, 0.3) is 0 Å². The molecule has 2 N–H and O–H groups in total. The number of nitrogens with one attached hydrogen (secondary N) is 2. The van der Waals surface area contributed by atoms with Crippen molar-refractivity contribution < 1.29 is 4.79 Å². The quantitative estimate of drug-likeness (QED) is 0.627. The molecule has 2 rings (SSSR count). The maximum atomic E-state index is 11.7. The second-order valence-corrected chi connectivity index (χ2v) is 4.61. The molecule has 19 heavy (non-hydrogen) atoms. The van der Waals surface area contributed by atoms with E-state index in [1.165, 1.54) is 14.1 Å². The summed E-state index contributed by atoms with van der Waals surface area (Å²) < 4.78 is 2.07. The Hall–Kier alpha value is -2.12. The smallest absolute Gasteiger partial charge is 0.346 e. The van der Waals surface area contributed by atoms with Gasteiger partial charge in [0.1, 0.15) is 0 Å². The summed E-state index contributed by atoms with van der Waals surface area (Å²) >= 11 is 0. The highest BCUT2D eigenvalue weighted by atomic mass is 16.2. The maximum Gasteiger partial charge on any atom is 0.346 e. The van der Waals surface area contributed by atoms with E-state index in [2.05, 4.69) is 15.7 Å². The molecule has 1 aliphatic carbocycles. The molecule has 0 aliphatic heterocycles. The Bertz CT molecular complexity index is 599. The lowest BCUT2D eigenvalue weighted by atomic mass is 10.4. The number of amides is 1. The Morgan fingerprint density at radius 3 is 2.63 bits per heavy atom. The highest BCUT2D eigenvalue weighted by Crippen LogP contribution is 2.28. The van der Waals surface area contributed by atoms with Crippen LogP contribution in [0.5, 0.6) is 0 Å². The highest BCUT2D eigenvalue weighted by molar-refractivity contribution is 5.80. The Kier molecular flexibility index (Phi) is 3.68. The third-order valence-electron chi connectivity index (χ3n) is 2.99. The van der Waals surface area contributed by atoms with E-state index in [0.717, 1.165) is 22.1 Å². The van der Waals surface area contributed by atoms with Crippen molar-refractivity contribution in [1.29, 1.82) is 0 Å². The monoisotopic (exact) mass is 267 g/mol. The summed E-state index contributed by atoms with van der Waals surface area (Å²) in [5.41, 5.74) is -0.950. The number of aryl methyl sites for hydroxylation is 1. The zero-order valence-electron chi connectivity index (χ0n) is 11.0. The molecule has 8 nitrogen and oxygen atoms in total. The number of rotatable bonds is 5. The second-order valence-electron chi connectivity index (χ2n) is 4.61. The minimum Gasteiger partial charge on any atom is -0.362 e. The van der Waals surface area contributed by atoms with Crippen LogP contribution in [0.4, 0.5) is 5.82 Å². The van der Waals surface area contributed by atoms with Gasteiger partial charge in [-0.05, 0) is 12.8 Å². The Balaban J connectivity index is 1.91. The topological polar surface area (TPSA) is 98.0 Å². The molecule has 8 heteroatoms. The predicted molar refractivity (Wildman–Crippen MR) is 68.9 cm³/mol. The molecule has 0 spiro atoms. The zero-order chi connectivity index (χ0) is 14.0. The van der Waals surface area contributed by atoms with Gasteiger partial charge in [0.15, 0.2) is 0 Å². The van der Waals surface area contributed by atoms with Crippen LogP contribution in [0.2, 0.25) is 0 Å². The minimum atomic E-state index is -0.475. The van der Waals surface area contributed by atoms with Crippen molar-refractivity contribution in [2.24, 2.45) is 20.0 Å². The number of nitrogens with zero attached hydrogens (tertiary/aromatic N) is 3. The van der Waals surface area contributed by atoms with Gasteiger partial charge < -0.3 is 10.6 Å². The van der Waals surface area contributed by atoms with Crippen molar-refractivity contribution >= 4 is 11.7 Å². The highest BCUT2D eigenvalue weighted by Gasteiger charge is 2.28. The average molecular weight is 267 g/mol. The lowest BCUT2D eigenvalue weighted by Crippen LogP contribution is -2.40. The van der Waals surface area contributed by atoms with Gasteiger partial charge in [-0.2, -0.15) is 0 Å². The molecule has 1 amide bonds. The lowest BCUT2D eigenvalue weighted by Gasteiger charge is -2.08. The molecule has 1 aliphatic rings. The van der Waals surface area contributed by atoms with Gasteiger partial charge in [0.05, 0.1) is 0 Å². The van der Waals surface area contributed by atoms with E-state index in [-0.39, 0.29) is 17.6 Å². The largest absolute Gasteiger partial charge is 0.362 e. The molecular weight excluding hydrogens is 250 g/mol. The molecule has 0 aromatic carbocycles. The first kappa shape index (κ1) is 13.3. The third kappa shape index (κ3) is 3.01. The van der Waals surface area contributed by atoms with Crippen LogP contribution < -0.4 is 21.9 Å². The fourth-order valence-corrected chi connectivity index (χ4v) is 1.67. The molecule has 104 valence electrons. The van der Waals surface area contributed by atoms with E-state index in [9.17, 15) is 14.4 Å². The fourth-order valence-electron chi connectivity index (χ4n) is 1.67. The van der Waals surface area contributed by atoms with Crippen LogP contribution in [-0.4, -0.2) is 33.3 Å². The molecule has 1 fully saturated rings. The van der Waals surface area contributed by atoms with Gasteiger partial charge >= 0.3 is 5.69 Å². The molecule has 1 saturated carbocycles. The first-order valence-corrected chi connectivity index (χ1v) is 6.16. The number of aromatic nitrogens is 3. The molecule has 1 aromatic heterocycles. The fraction of sp³-hybridized carbons (Fsp3) is 0.636. The zero-order valence-corrected chi connectivity index (χ0v) is 11.0. The SMILES string of the molecule is Cn1nc(NCCNC(=O)C2CC2)c(=O)n(C)c1=O. The Labute approximate surface area is 109 Å². The van der Waals surface area contributed by atoms with E-state index in [4.69, 9.17) is 0 Å². The van der Waals surface area contributed by atoms with E-state index in [1.807, 2.05) is 0 Å². The molecule has 0 saturated heterocycles. The Morgan fingerprint density at radius 2 is 2.00 bits per heavy atom. The van der Waals surface area contributed by atoms with Crippen LogP contribution in [0, 0.1) is 5.92 Å². The van der Waals surface area contributed by atoms with Gasteiger partial charge in [-0.15, -0.1) is 5.10 Å². The normalized spacial score (nSPS) is 14.2. The average Bonchev–Trinajstić information content (AvgIpc) is 3.21. The van der Waals surface area contributed by atoms with Crippen LogP contribution >= 0.6 is 0 Å². The van der Waals surface area contributed by atoms with Crippen molar-refractivity contribution in [1.82, 2.24) is 19.7 Å². The van der Waals surface area contributed by atoms with Gasteiger partial charge in [0, 0.05) is 33.1 Å². The molecule has 0 atom stereocenters. The summed E-state index contributed by atoms with van der Waals surface area (Å²) in [7, 11) is 2.87. The van der Waals surface area contributed by atoms with E-state index < -0.39 is 11.2 Å². The van der Waals surface area contributed by atoms with Gasteiger partial charge in [-0.25, -0.2) is 9.48 Å². The van der Waals surface area contributed by atoms with Crippen LogP contribution in [0.3, 0.4) is 0 Å². The summed E-state index contributed by atoms with van der Waals surface area (Å²) in [5, 5.41) is 9.43. The van der Waals surface area contributed by atoms with Crippen molar-refractivity contribution in [2.75, 3.05) is 18.4 Å². The van der Waals surface area contributed by atoms with Crippen LogP contribution in [-0.2, 0) is 18.9 Å². The summed E-state index contributed by atoms with van der Waals surface area (Å²) in [4.78, 5) is 34.5. The molecule has 0 radical (unpaired) electrons. The second kappa shape index (κ2) is 5.25. The number of anilines is 1. The molecular formula is C11H17N5O3. The number of carbonyl (C=O) groups is 1. The predicted octanol–water partition coefficient (Wildman–Crippen LogP) is -1.58. The van der Waals surface area contributed by atoms with Gasteiger partial charge in [0.25, 0.3) is 5.56 Å². The Morgan fingerprint density at radius 1 is 1.32 bits per heavy atom. The molecule has 1 heterocycles. The molecule has 0 unspecified atom stereocenters. The van der Waals surface area contributed by atoms with Crippen molar-refractivity contribution in [3.05, 3.63) is 20.8 Å². The number of carbonyl (C=O) groups excluding carboxylic acids is 1. The van der Waals surface area contributed by atoms with Gasteiger partial charge in [0.2, 0.25) is 11.7 Å². The summed E-state index contributed by atoms with van der Waals surface area (Å²) in [6, 6.07) is 0. The molecule has 0 bridgehead atoms. The summed E-state index contributed by atoms with van der Waals surface area (Å²) in [6.07, 6.45) is 1.92. The summed E-state index contributed by atoms with van der Waals surface area (Å²) in [5.74, 6) is 0.330. The third-order valence-corrected chi connectivity index (χ3v) is 2.99. The molecule has 1 aromatic rings. The van der Waals surface area contributed by atoms with E-state index in [0.29, 0.717) is 13.1 Å². The summed E-state index contributed by atoms with van der Waals surface area (Å²) in [6.45, 7) is 0.807. The van der Waals surface area contributed by atoms with Crippen LogP contribution in [0.1, 0.15) is 12.8 Å². The van der Waals surface area contributed by atoms with Crippen molar-refractivity contribution in [3.63, 3.8) is 0 Å². The maximum absolute atomic E-state index is 11.7. The first-order chi connectivity index (χ1) is 9.00. The number of hydrogen-bond acceptors (Lipinski definition) is 5. The minimum absolute atomic E-state index is 0.0584. The first-order valence-electron chi connectivity index (χ1n) is 6.16. The standard InChI is InChI=1S/C11H17N5O3/c1-15-10(18)8(14-16(2)11(15)19)12-5-6-13-9(17)7-3-4-7/h7H,3-6H2,1-2H3,(H,12,14)(H,13,17).